The molecule has 0 bridgehead atoms. The van der Waals surface area contributed by atoms with Gasteiger partial charge in [-0.3, -0.25) is 0 Å². The first-order valence-electron chi connectivity index (χ1n) is 9.64. The van der Waals surface area contributed by atoms with Crippen LogP contribution >= 0.6 is 0 Å². The number of hydrogen-bond donors (Lipinski definition) is 7. The number of ether oxygens (including phenoxy) is 6. The van der Waals surface area contributed by atoms with Crippen LogP contribution in [0.1, 0.15) is 6.92 Å². The van der Waals surface area contributed by atoms with Gasteiger partial charge in [0.05, 0.1) is 19.3 Å². The van der Waals surface area contributed by atoms with Gasteiger partial charge in [0.15, 0.2) is 18.9 Å². The molecule has 0 aromatic carbocycles. The normalized spacial score (nSPS) is 52.9. The van der Waals surface area contributed by atoms with Crippen LogP contribution in [0.5, 0.6) is 0 Å². The van der Waals surface area contributed by atoms with E-state index in [2.05, 4.69) is 0 Å². The Labute approximate surface area is 172 Å². The summed E-state index contributed by atoms with van der Waals surface area (Å²) in [5, 5.41) is 70.2. The fourth-order valence-corrected chi connectivity index (χ4v) is 3.63. The molecular weight excluding hydrogens is 412 g/mol. The average Bonchev–Trinajstić information content (AvgIpc) is 2.72. The van der Waals surface area contributed by atoms with Crippen LogP contribution in [0.3, 0.4) is 0 Å². The first-order chi connectivity index (χ1) is 14.1. The Kier molecular flexibility index (Phi) is 8.01. The number of aliphatic hydroxyl groups is 7. The van der Waals surface area contributed by atoms with Gasteiger partial charge < -0.3 is 64.2 Å². The van der Waals surface area contributed by atoms with Crippen molar-refractivity contribution >= 4 is 0 Å². The highest BCUT2D eigenvalue weighted by Crippen LogP contribution is 2.30. The Morgan fingerprint density at radius 1 is 0.633 bits per heavy atom. The van der Waals surface area contributed by atoms with Crippen LogP contribution in [-0.2, 0) is 28.4 Å². The molecule has 3 saturated heterocycles. The Hall–Kier alpha value is -0.520. The van der Waals surface area contributed by atoms with Crippen molar-refractivity contribution < 1.29 is 64.2 Å². The lowest BCUT2D eigenvalue weighted by molar-refractivity contribution is -0.369. The van der Waals surface area contributed by atoms with Crippen molar-refractivity contribution in [1.82, 2.24) is 0 Å². The fraction of sp³-hybridized carbons (Fsp3) is 1.00. The van der Waals surface area contributed by atoms with E-state index in [0.717, 1.165) is 0 Å². The molecule has 176 valence electrons. The van der Waals surface area contributed by atoms with Gasteiger partial charge in [0.25, 0.3) is 0 Å². The van der Waals surface area contributed by atoms with Crippen LogP contribution in [0.15, 0.2) is 0 Å². The van der Waals surface area contributed by atoms with Crippen LogP contribution in [0.25, 0.3) is 0 Å². The van der Waals surface area contributed by atoms with Crippen molar-refractivity contribution in [2.45, 2.75) is 86.8 Å². The van der Waals surface area contributed by atoms with Gasteiger partial charge in [0, 0.05) is 7.11 Å². The summed E-state index contributed by atoms with van der Waals surface area (Å²) in [4.78, 5) is 0. The van der Waals surface area contributed by atoms with Gasteiger partial charge in [0.2, 0.25) is 0 Å². The van der Waals surface area contributed by atoms with Gasteiger partial charge in [-0.15, -0.1) is 0 Å². The Morgan fingerprint density at radius 2 is 1.17 bits per heavy atom. The highest BCUT2D eigenvalue weighted by molar-refractivity contribution is 4.93. The average molecular weight is 442 g/mol. The molecular formula is C17H30O13. The summed E-state index contributed by atoms with van der Waals surface area (Å²) in [6.45, 7) is 1.04. The van der Waals surface area contributed by atoms with Crippen LogP contribution in [-0.4, -0.2) is 136 Å². The predicted molar refractivity (Wildman–Crippen MR) is 92.6 cm³/mol. The summed E-state index contributed by atoms with van der Waals surface area (Å²) in [5.41, 5.74) is 0. The molecule has 3 rings (SSSR count). The van der Waals surface area contributed by atoms with Gasteiger partial charge in [0.1, 0.15) is 54.9 Å². The monoisotopic (exact) mass is 442 g/mol. The molecule has 0 aliphatic carbocycles. The number of rotatable bonds is 5. The molecule has 0 unspecified atom stereocenters. The fourth-order valence-electron chi connectivity index (χ4n) is 3.63. The zero-order chi connectivity index (χ0) is 22.2. The van der Waals surface area contributed by atoms with Crippen LogP contribution in [0.2, 0.25) is 0 Å². The maximum atomic E-state index is 10.5. The van der Waals surface area contributed by atoms with Crippen molar-refractivity contribution in [3.05, 3.63) is 0 Å². The summed E-state index contributed by atoms with van der Waals surface area (Å²) in [5.74, 6) is 0. The molecule has 30 heavy (non-hydrogen) atoms. The molecule has 13 nitrogen and oxygen atoms in total. The van der Waals surface area contributed by atoms with E-state index in [9.17, 15) is 35.7 Å². The summed E-state index contributed by atoms with van der Waals surface area (Å²) in [7, 11) is 1.31. The molecule has 0 spiro atoms. The lowest BCUT2D eigenvalue weighted by atomic mass is 9.98. The number of aliphatic hydroxyl groups excluding tert-OH is 7. The molecule has 0 saturated carbocycles. The van der Waals surface area contributed by atoms with Crippen molar-refractivity contribution in [1.29, 1.82) is 0 Å². The van der Waals surface area contributed by atoms with Crippen LogP contribution in [0, 0.1) is 0 Å². The largest absolute Gasteiger partial charge is 0.388 e. The third-order valence-electron chi connectivity index (χ3n) is 5.48. The second kappa shape index (κ2) is 9.95. The van der Waals surface area contributed by atoms with E-state index in [0.29, 0.717) is 0 Å². The zero-order valence-electron chi connectivity index (χ0n) is 16.5. The predicted octanol–water partition coefficient (Wildman–Crippen LogP) is -4.61. The highest BCUT2D eigenvalue weighted by Gasteiger charge is 2.50. The minimum atomic E-state index is -1.65. The Bertz CT molecular complexity index is 550. The van der Waals surface area contributed by atoms with Crippen LogP contribution in [0.4, 0.5) is 0 Å². The number of hydrogen-bond acceptors (Lipinski definition) is 13. The molecule has 3 fully saturated rings. The lowest BCUT2D eigenvalue weighted by Gasteiger charge is -2.46. The summed E-state index contributed by atoms with van der Waals surface area (Å²) in [6.07, 6.45) is -17.4. The van der Waals surface area contributed by atoms with E-state index in [-0.39, 0.29) is 13.2 Å². The molecule has 3 aliphatic heterocycles. The SMILES string of the molecule is CO[C@H]1OC[C@H](O)[C@@H](O)[C@@H]1O[C@@H]1O[C@H](C)[C@H](O[C@@H]2OC[C@@H](O)[C@@H](O)[C@@H]2O)[C@H](O)[C@H]1O. The minimum absolute atomic E-state index is 0.174. The maximum Gasteiger partial charge on any atom is 0.187 e. The molecule has 0 radical (unpaired) electrons. The molecule has 0 amide bonds. The smallest absolute Gasteiger partial charge is 0.187 e. The van der Waals surface area contributed by atoms with E-state index >= 15 is 0 Å². The molecule has 7 N–H and O–H groups in total. The molecule has 3 heterocycles. The van der Waals surface area contributed by atoms with E-state index in [1.54, 1.807) is 0 Å². The molecule has 0 aromatic rings. The van der Waals surface area contributed by atoms with E-state index in [4.69, 9.17) is 28.4 Å². The van der Waals surface area contributed by atoms with Crippen molar-refractivity contribution in [2.75, 3.05) is 20.3 Å². The topological polar surface area (TPSA) is 197 Å². The van der Waals surface area contributed by atoms with Gasteiger partial charge in [-0.2, -0.15) is 0 Å². The van der Waals surface area contributed by atoms with E-state index in [1.807, 2.05) is 0 Å². The van der Waals surface area contributed by atoms with Gasteiger partial charge in [-0.05, 0) is 6.92 Å². The Morgan fingerprint density at radius 3 is 1.80 bits per heavy atom. The van der Waals surface area contributed by atoms with E-state index < -0.39 is 79.9 Å². The standard InChI is InChI=1S/C17H30O13/c1-5-13(29-15-11(23)8(20)6(18)3-26-15)10(22)12(24)16(28-5)30-14-9(21)7(19)4-27-17(14)25-2/h5-24H,3-4H2,1-2H3/t5-,6-,7+,8-,9-,10-,11+,12-,13+,14+,15+,16+,17+/m1/s1. The van der Waals surface area contributed by atoms with Crippen molar-refractivity contribution in [3.63, 3.8) is 0 Å². The van der Waals surface area contributed by atoms with Gasteiger partial charge in [-0.25, -0.2) is 0 Å². The molecule has 3 aliphatic rings. The van der Waals surface area contributed by atoms with Crippen molar-refractivity contribution in [3.8, 4) is 0 Å². The third kappa shape index (κ3) is 4.78. The summed E-state index contributed by atoms with van der Waals surface area (Å²) < 4.78 is 32.1. The van der Waals surface area contributed by atoms with Gasteiger partial charge >= 0.3 is 0 Å². The number of methoxy groups -OCH3 is 1. The first-order valence-corrected chi connectivity index (χ1v) is 9.64. The maximum absolute atomic E-state index is 10.5. The zero-order valence-corrected chi connectivity index (χ0v) is 16.5. The van der Waals surface area contributed by atoms with E-state index in [1.165, 1.54) is 14.0 Å². The minimum Gasteiger partial charge on any atom is -0.388 e. The lowest BCUT2D eigenvalue weighted by Crippen LogP contribution is -2.64. The molecule has 13 heteroatoms. The molecule has 0 aromatic heterocycles. The summed E-state index contributed by atoms with van der Waals surface area (Å²) >= 11 is 0. The first kappa shape index (κ1) is 24.1. The second-order valence-corrected chi connectivity index (χ2v) is 7.64. The molecule has 13 atom stereocenters. The van der Waals surface area contributed by atoms with Crippen molar-refractivity contribution in [2.24, 2.45) is 0 Å². The summed E-state index contributed by atoms with van der Waals surface area (Å²) in [6, 6.07) is 0. The Balaban J connectivity index is 1.64. The highest BCUT2D eigenvalue weighted by atomic mass is 16.8. The van der Waals surface area contributed by atoms with Gasteiger partial charge in [-0.1, -0.05) is 0 Å². The quantitative estimate of drug-likeness (QED) is 0.215. The second-order valence-electron chi connectivity index (χ2n) is 7.64. The van der Waals surface area contributed by atoms with Crippen LogP contribution < -0.4 is 0 Å². The third-order valence-corrected chi connectivity index (χ3v) is 5.48.